The third kappa shape index (κ3) is 4.78. The molecule has 6 heteroatoms. The molecule has 0 aliphatic carbocycles. The van der Waals surface area contributed by atoms with Crippen LogP contribution in [0.1, 0.15) is 46.5 Å². The maximum absolute atomic E-state index is 12.5. The van der Waals surface area contributed by atoms with Gasteiger partial charge in [0.25, 0.3) is 5.84 Å². The minimum Gasteiger partial charge on any atom is -0.511 e. The van der Waals surface area contributed by atoms with E-state index in [2.05, 4.69) is 10.2 Å². The summed E-state index contributed by atoms with van der Waals surface area (Å²) in [6.45, 7) is 8.15. The first-order valence-electron chi connectivity index (χ1n) is 8.47. The van der Waals surface area contributed by atoms with E-state index in [-0.39, 0.29) is 23.5 Å². The minimum atomic E-state index is -0.392. The maximum Gasteiger partial charge on any atom is 0.324 e. The van der Waals surface area contributed by atoms with Gasteiger partial charge in [-0.05, 0) is 32.2 Å². The third-order valence-corrected chi connectivity index (χ3v) is 4.58. The van der Waals surface area contributed by atoms with Gasteiger partial charge in [-0.25, -0.2) is 10.1 Å². The Bertz CT molecular complexity index is 476. The van der Waals surface area contributed by atoms with Gasteiger partial charge in [-0.2, -0.15) is 0 Å². The fourth-order valence-electron chi connectivity index (χ4n) is 3.15. The van der Waals surface area contributed by atoms with Crippen molar-refractivity contribution in [2.45, 2.75) is 58.5 Å². The van der Waals surface area contributed by atoms with Crippen molar-refractivity contribution in [1.82, 2.24) is 10.2 Å². The van der Waals surface area contributed by atoms with Crippen molar-refractivity contribution < 1.29 is 20.0 Å². The first-order chi connectivity index (χ1) is 10.8. The molecule has 2 saturated heterocycles. The Morgan fingerprint density at radius 2 is 1.96 bits per heavy atom. The third-order valence-electron chi connectivity index (χ3n) is 4.58. The molecule has 130 valence electrons. The lowest BCUT2D eigenvalue weighted by Gasteiger charge is -2.33. The number of aliphatic hydroxyl groups excluding tert-OH is 1. The number of ether oxygens (including phenoxy) is 1. The van der Waals surface area contributed by atoms with Gasteiger partial charge in [0.2, 0.25) is 0 Å². The number of carbonyl (C=O) groups excluding carboxylic acids is 1. The summed E-state index contributed by atoms with van der Waals surface area (Å²) in [5, 5.41) is 18.6. The molecule has 0 saturated carbocycles. The number of nitrogens with one attached hydrogen (secondary N) is 1. The Hall–Kier alpha value is -1.40. The summed E-state index contributed by atoms with van der Waals surface area (Å²) in [6.07, 6.45) is 5.27. The molecule has 2 rings (SSSR count). The van der Waals surface area contributed by atoms with Crippen molar-refractivity contribution in [1.29, 1.82) is 0 Å². The molecule has 0 aromatic heterocycles. The van der Waals surface area contributed by atoms with Crippen LogP contribution in [0.15, 0.2) is 11.8 Å². The number of aliphatic hydroxyl groups is 1. The lowest BCUT2D eigenvalue weighted by Crippen LogP contribution is -2.56. The summed E-state index contributed by atoms with van der Waals surface area (Å²) >= 11 is 0. The number of likely N-dealkylation sites (tertiary alicyclic amines) is 1. The SMILES string of the molecule is CC(C)(C)/C(O)=C/C(=[NH2+])NC(=O)[C@@H]1CCCN1C1CCOCC1. The maximum atomic E-state index is 12.5. The summed E-state index contributed by atoms with van der Waals surface area (Å²) in [4.78, 5) is 14.8. The molecule has 2 fully saturated rings. The number of amidine groups is 1. The largest absolute Gasteiger partial charge is 0.511 e. The molecule has 2 aliphatic heterocycles. The fraction of sp³-hybridized carbons (Fsp3) is 0.765. The predicted octanol–water partition coefficient (Wildman–Crippen LogP) is 0.392. The highest BCUT2D eigenvalue weighted by Crippen LogP contribution is 2.25. The van der Waals surface area contributed by atoms with Gasteiger partial charge >= 0.3 is 5.91 Å². The van der Waals surface area contributed by atoms with Crippen molar-refractivity contribution in [2.24, 2.45) is 5.41 Å². The molecule has 0 aromatic carbocycles. The molecule has 0 spiro atoms. The predicted molar refractivity (Wildman–Crippen MR) is 88.8 cm³/mol. The summed E-state index contributed by atoms with van der Waals surface area (Å²) in [7, 11) is 0. The van der Waals surface area contributed by atoms with Gasteiger partial charge in [0, 0.05) is 24.7 Å². The van der Waals surface area contributed by atoms with Crippen LogP contribution in [0.4, 0.5) is 0 Å². The number of nitrogens with zero attached hydrogens (tertiary/aromatic N) is 1. The second-order valence-corrected chi connectivity index (χ2v) is 7.46. The van der Waals surface area contributed by atoms with Crippen LogP contribution in [-0.4, -0.2) is 53.6 Å². The standard InChI is InChI=1S/C17H29N3O3/c1-17(2,3)14(21)11-15(18)19-16(22)13-5-4-8-20(13)12-6-9-23-10-7-12/h11-13,21H,4-10H2,1-3H3,(H2,18,19,22)/p+1/b14-11-/t13-/m0/s1. The first kappa shape index (κ1) is 17.9. The zero-order valence-corrected chi connectivity index (χ0v) is 14.5. The number of nitrogens with two attached hydrogens (primary N) is 1. The lowest BCUT2D eigenvalue weighted by atomic mass is 9.93. The quantitative estimate of drug-likeness (QED) is 0.398. The van der Waals surface area contributed by atoms with Crippen molar-refractivity contribution in [3.63, 3.8) is 0 Å². The second-order valence-electron chi connectivity index (χ2n) is 7.46. The average Bonchev–Trinajstić information content (AvgIpc) is 2.96. The number of rotatable bonds is 3. The van der Waals surface area contributed by atoms with Crippen molar-refractivity contribution in [2.75, 3.05) is 19.8 Å². The van der Waals surface area contributed by atoms with Crippen LogP contribution >= 0.6 is 0 Å². The van der Waals surface area contributed by atoms with E-state index < -0.39 is 5.41 Å². The number of carbonyl (C=O) groups is 1. The normalized spacial score (nSPS) is 24.7. The molecule has 0 aromatic rings. The molecule has 0 unspecified atom stereocenters. The van der Waals surface area contributed by atoms with Gasteiger partial charge in [0.15, 0.2) is 0 Å². The van der Waals surface area contributed by atoms with E-state index in [1.165, 1.54) is 6.08 Å². The van der Waals surface area contributed by atoms with E-state index in [1.54, 1.807) is 0 Å². The Balaban J connectivity index is 1.95. The smallest absolute Gasteiger partial charge is 0.324 e. The van der Waals surface area contributed by atoms with Gasteiger partial charge in [-0.15, -0.1) is 0 Å². The first-order valence-corrected chi connectivity index (χ1v) is 8.47. The van der Waals surface area contributed by atoms with Crippen LogP contribution in [0.5, 0.6) is 0 Å². The molecule has 2 heterocycles. The van der Waals surface area contributed by atoms with Gasteiger partial charge in [-0.3, -0.25) is 10.3 Å². The van der Waals surface area contributed by atoms with E-state index in [9.17, 15) is 9.90 Å². The van der Waals surface area contributed by atoms with Crippen LogP contribution in [-0.2, 0) is 9.53 Å². The number of hydrogen-bond donors (Lipinski definition) is 3. The summed E-state index contributed by atoms with van der Waals surface area (Å²) in [5.41, 5.74) is -0.392. The van der Waals surface area contributed by atoms with Gasteiger partial charge in [0.1, 0.15) is 11.8 Å². The minimum absolute atomic E-state index is 0.0792. The van der Waals surface area contributed by atoms with E-state index in [1.807, 2.05) is 20.8 Å². The molecule has 0 bridgehead atoms. The van der Waals surface area contributed by atoms with Gasteiger partial charge in [-0.1, -0.05) is 20.8 Å². The molecular weight excluding hydrogens is 294 g/mol. The average molecular weight is 324 g/mol. The second kappa shape index (κ2) is 7.45. The van der Waals surface area contributed by atoms with Crippen molar-refractivity contribution >= 4 is 11.7 Å². The Labute approximate surface area is 138 Å². The van der Waals surface area contributed by atoms with Gasteiger partial charge < -0.3 is 9.84 Å². The molecular formula is C17H30N3O3+. The topological polar surface area (TPSA) is 87.4 Å². The number of amides is 1. The fourth-order valence-corrected chi connectivity index (χ4v) is 3.15. The van der Waals surface area contributed by atoms with E-state index in [4.69, 9.17) is 10.1 Å². The summed E-state index contributed by atoms with van der Waals surface area (Å²) < 4.78 is 5.41. The zero-order valence-electron chi connectivity index (χ0n) is 14.5. The molecule has 1 atom stereocenters. The van der Waals surface area contributed by atoms with Gasteiger partial charge in [0.05, 0.1) is 6.08 Å². The molecule has 6 nitrogen and oxygen atoms in total. The van der Waals surface area contributed by atoms with E-state index in [0.29, 0.717) is 6.04 Å². The highest BCUT2D eigenvalue weighted by Gasteiger charge is 2.38. The van der Waals surface area contributed by atoms with E-state index in [0.717, 1.165) is 45.4 Å². The molecule has 23 heavy (non-hydrogen) atoms. The molecule has 2 aliphatic rings. The Kier molecular flexibility index (Phi) is 5.81. The highest BCUT2D eigenvalue weighted by molar-refractivity contribution is 6.03. The number of hydrogen-bond acceptors (Lipinski definition) is 4. The summed E-state index contributed by atoms with van der Waals surface area (Å²) in [6, 6.07) is 0.281. The van der Waals surface area contributed by atoms with E-state index >= 15 is 0 Å². The number of allylic oxidation sites excluding steroid dienone is 1. The van der Waals surface area contributed by atoms with Crippen LogP contribution in [0, 0.1) is 5.41 Å². The monoisotopic (exact) mass is 324 g/mol. The van der Waals surface area contributed by atoms with Crippen molar-refractivity contribution in [3.8, 4) is 0 Å². The van der Waals surface area contributed by atoms with Crippen LogP contribution in [0.3, 0.4) is 0 Å². The van der Waals surface area contributed by atoms with Crippen LogP contribution in [0.2, 0.25) is 0 Å². The van der Waals surface area contributed by atoms with Crippen molar-refractivity contribution in [3.05, 3.63) is 11.8 Å². The Morgan fingerprint density at radius 3 is 2.57 bits per heavy atom. The highest BCUT2D eigenvalue weighted by atomic mass is 16.5. The zero-order chi connectivity index (χ0) is 17.0. The molecule has 4 N–H and O–H groups in total. The lowest BCUT2D eigenvalue weighted by molar-refractivity contribution is -0.132. The molecule has 1 amide bonds. The molecule has 0 radical (unpaired) electrons. The van der Waals surface area contributed by atoms with Crippen LogP contribution in [0.25, 0.3) is 0 Å². The summed E-state index contributed by atoms with van der Waals surface area (Å²) in [5.74, 6) is 0.272. The Morgan fingerprint density at radius 1 is 1.30 bits per heavy atom. The van der Waals surface area contributed by atoms with Crippen LogP contribution < -0.4 is 10.7 Å².